The molecule has 0 aliphatic carbocycles. The SMILES string of the molecule is CCOc1ccccc1C1c2cccn2CCCN1Cc1cccs1. The second kappa shape index (κ2) is 7.46. The lowest BCUT2D eigenvalue weighted by molar-refractivity contribution is 0.216. The summed E-state index contributed by atoms with van der Waals surface area (Å²) in [5, 5.41) is 2.17. The fourth-order valence-electron chi connectivity index (χ4n) is 3.76. The van der Waals surface area contributed by atoms with Gasteiger partial charge in [-0.15, -0.1) is 11.3 Å². The van der Waals surface area contributed by atoms with Crippen LogP contribution in [0.15, 0.2) is 60.1 Å². The van der Waals surface area contributed by atoms with E-state index >= 15 is 0 Å². The normalized spacial score (nSPS) is 17.9. The lowest BCUT2D eigenvalue weighted by atomic mass is 10.0. The molecule has 1 unspecified atom stereocenters. The number of hydrogen-bond acceptors (Lipinski definition) is 3. The number of benzene rings is 1. The predicted molar refractivity (Wildman–Crippen MR) is 103 cm³/mol. The third kappa shape index (κ3) is 3.37. The molecule has 1 atom stereocenters. The van der Waals surface area contributed by atoms with Gasteiger partial charge in [0.2, 0.25) is 0 Å². The van der Waals surface area contributed by atoms with Crippen molar-refractivity contribution < 1.29 is 4.74 Å². The monoisotopic (exact) mass is 352 g/mol. The van der Waals surface area contributed by atoms with E-state index in [4.69, 9.17) is 4.74 Å². The third-order valence-corrected chi connectivity index (χ3v) is 5.67. The second-order valence-corrected chi connectivity index (χ2v) is 7.44. The van der Waals surface area contributed by atoms with Gasteiger partial charge in [0.25, 0.3) is 0 Å². The molecule has 3 aromatic rings. The number of fused-ring (bicyclic) bond motifs is 1. The molecule has 0 radical (unpaired) electrons. The van der Waals surface area contributed by atoms with Gasteiger partial charge in [0.15, 0.2) is 0 Å². The minimum Gasteiger partial charge on any atom is -0.494 e. The van der Waals surface area contributed by atoms with Crippen LogP contribution in [0.1, 0.15) is 35.5 Å². The van der Waals surface area contributed by atoms with Crippen molar-refractivity contribution in [2.75, 3.05) is 13.2 Å². The van der Waals surface area contributed by atoms with Gasteiger partial charge in [-0.25, -0.2) is 0 Å². The van der Waals surface area contributed by atoms with Crippen LogP contribution in [0.4, 0.5) is 0 Å². The number of rotatable bonds is 5. The maximum Gasteiger partial charge on any atom is 0.124 e. The first-order valence-corrected chi connectivity index (χ1v) is 9.88. The zero-order chi connectivity index (χ0) is 17.1. The second-order valence-electron chi connectivity index (χ2n) is 6.40. The highest BCUT2D eigenvalue weighted by Crippen LogP contribution is 2.37. The summed E-state index contributed by atoms with van der Waals surface area (Å²) >= 11 is 1.84. The van der Waals surface area contributed by atoms with Crippen LogP contribution in [-0.4, -0.2) is 22.6 Å². The van der Waals surface area contributed by atoms with Crippen LogP contribution in [0, 0.1) is 0 Å². The molecule has 4 heteroatoms. The molecule has 3 heterocycles. The number of ether oxygens (including phenoxy) is 1. The Morgan fingerprint density at radius 1 is 1.08 bits per heavy atom. The van der Waals surface area contributed by atoms with E-state index in [9.17, 15) is 0 Å². The summed E-state index contributed by atoms with van der Waals surface area (Å²) in [4.78, 5) is 4.02. The summed E-state index contributed by atoms with van der Waals surface area (Å²) in [6.45, 7) is 5.89. The smallest absolute Gasteiger partial charge is 0.124 e. The van der Waals surface area contributed by atoms with E-state index in [1.807, 2.05) is 11.3 Å². The van der Waals surface area contributed by atoms with Gasteiger partial charge >= 0.3 is 0 Å². The topological polar surface area (TPSA) is 17.4 Å². The van der Waals surface area contributed by atoms with Crippen LogP contribution in [0.25, 0.3) is 0 Å². The summed E-state index contributed by atoms with van der Waals surface area (Å²) in [7, 11) is 0. The number of hydrogen-bond donors (Lipinski definition) is 0. The standard InChI is InChI=1S/C21H24N2OS/c1-2-24-20-11-4-3-9-18(20)21-19-10-5-12-22(19)13-7-14-23(21)16-17-8-6-15-25-17/h3-6,8-12,15,21H,2,7,13-14,16H2,1H3. The molecule has 0 spiro atoms. The van der Waals surface area contributed by atoms with Crippen molar-refractivity contribution in [3.8, 4) is 5.75 Å². The molecule has 0 N–H and O–H groups in total. The van der Waals surface area contributed by atoms with Gasteiger partial charge in [-0.1, -0.05) is 24.3 Å². The van der Waals surface area contributed by atoms with Crippen LogP contribution in [0.2, 0.25) is 0 Å². The van der Waals surface area contributed by atoms with Crippen LogP contribution in [0.3, 0.4) is 0 Å². The van der Waals surface area contributed by atoms with Crippen molar-refractivity contribution in [2.45, 2.75) is 32.5 Å². The fourth-order valence-corrected chi connectivity index (χ4v) is 4.49. The Morgan fingerprint density at radius 3 is 2.84 bits per heavy atom. The maximum absolute atomic E-state index is 5.97. The zero-order valence-electron chi connectivity index (χ0n) is 14.6. The Balaban J connectivity index is 1.78. The molecule has 1 aliphatic heterocycles. The van der Waals surface area contributed by atoms with Crippen LogP contribution in [-0.2, 0) is 13.1 Å². The van der Waals surface area contributed by atoms with Gasteiger partial charge in [0.1, 0.15) is 5.75 Å². The maximum atomic E-state index is 5.97. The van der Waals surface area contributed by atoms with Crippen molar-refractivity contribution >= 4 is 11.3 Å². The molecular weight excluding hydrogens is 328 g/mol. The Morgan fingerprint density at radius 2 is 2.00 bits per heavy atom. The van der Waals surface area contributed by atoms with Crippen molar-refractivity contribution in [3.63, 3.8) is 0 Å². The van der Waals surface area contributed by atoms with Crippen molar-refractivity contribution in [1.29, 1.82) is 0 Å². The average Bonchev–Trinajstić information content (AvgIpc) is 3.26. The van der Waals surface area contributed by atoms with E-state index in [2.05, 4.69) is 76.5 Å². The lowest BCUT2D eigenvalue weighted by Gasteiger charge is -2.31. The van der Waals surface area contributed by atoms with Gasteiger partial charge in [-0.05, 0) is 43.0 Å². The Hall–Kier alpha value is -2.04. The van der Waals surface area contributed by atoms with Crippen LogP contribution < -0.4 is 4.74 Å². The molecule has 130 valence electrons. The molecule has 4 rings (SSSR count). The molecule has 25 heavy (non-hydrogen) atoms. The summed E-state index contributed by atoms with van der Waals surface area (Å²) in [6.07, 6.45) is 3.38. The summed E-state index contributed by atoms with van der Waals surface area (Å²) < 4.78 is 8.38. The van der Waals surface area contributed by atoms with E-state index in [1.54, 1.807) is 0 Å². The molecule has 0 fully saturated rings. The minimum absolute atomic E-state index is 0.224. The third-order valence-electron chi connectivity index (χ3n) is 4.81. The molecule has 2 aromatic heterocycles. The first-order chi connectivity index (χ1) is 12.4. The summed E-state index contributed by atoms with van der Waals surface area (Å²) in [5.74, 6) is 1.00. The molecule has 0 saturated heterocycles. The predicted octanol–water partition coefficient (Wildman–Crippen LogP) is 4.94. The van der Waals surface area contributed by atoms with Gasteiger partial charge in [0, 0.05) is 42.0 Å². The number of thiophene rings is 1. The van der Waals surface area contributed by atoms with E-state index in [0.29, 0.717) is 6.61 Å². The quantitative estimate of drug-likeness (QED) is 0.647. The number of para-hydroxylation sites is 1. The Labute approximate surface area is 153 Å². The van der Waals surface area contributed by atoms with Gasteiger partial charge in [0.05, 0.1) is 12.6 Å². The van der Waals surface area contributed by atoms with Gasteiger partial charge in [-0.3, -0.25) is 4.90 Å². The van der Waals surface area contributed by atoms with Crippen LogP contribution in [0.5, 0.6) is 5.75 Å². The average molecular weight is 353 g/mol. The molecule has 1 aliphatic rings. The highest BCUT2D eigenvalue weighted by atomic mass is 32.1. The van der Waals surface area contributed by atoms with Gasteiger partial charge in [-0.2, -0.15) is 0 Å². The first-order valence-electron chi connectivity index (χ1n) is 9.00. The van der Waals surface area contributed by atoms with Crippen LogP contribution >= 0.6 is 11.3 Å². The van der Waals surface area contributed by atoms with Crippen molar-refractivity contribution in [2.24, 2.45) is 0 Å². The first kappa shape index (κ1) is 16.4. The number of aryl methyl sites for hydroxylation is 1. The molecule has 3 nitrogen and oxygen atoms in total. The van der Waals surface area contributed by atoms with Crippen molar-refractivity contribution in [3.05, 3.63) is 76.2 Å². The van der Waals surface area contributed by atoms with Crippen molar-refractivity contribution in [1.82, 2.24) is 9.47 Å². The highest BCUT2D eigenvalue weighted by Gasteiger charge is 2.29. The molecule has 0 amide bonds. The van der Waals surface area contributed by atoms with E-state index < -0.39 is 0 Å². The van der Waals surface area contributed by atoms with E-state index in [1.165, 1.54) is 22.6 Å². The largest absolute Gasteiger partial charge is 0.494 e. The Kier molecular flexibility index (Phi) is 4.90. The van der Waals surface area contributed by atoms with Gasteiger partial charge < -0.3 is 9.30 Å². The molecular formula is C21H24N2OS. The molecule has 0 saturated carbocycles. The van der Waals surface area contributed by atoms with E-state index in [-0.39, 0.29) is 6.04 Å². The Bertz CT molecular complexity index is 809. The number of aromatic nitrogens is 1. The van der Waals surface area contributed by atoms with E-state index in [0.717, 1.165) is 25.4 Å². The molecule has 0 bridgehead atoms. The highest BCUT2D eigenvalue weighted by molar-refractivity contribution is 7.09. The lowest BCUT2D eigenvalue weighted by Crippen LogP contribution is -2.29. The minimum atomic E-state index is 0.224. The molecule has 1 aromatic carbocycles. The summed E-state index contributed by atoms with van der Waals surface area (Å²) in [5.41, 5.74) is 2.63. The zero-order valence-corrected chi connectivity index (χ0v) is 15.4. The number of nitrogens with zero attached hydrogens (tertiary/aromatic N) is 2. The fraction of sp³-hybridized carbons (Fsp3) is 0.333. The summed E-state index contributed by atoms with van der Waals surface area (Å²) in [6, 6.07) is 17.5.